The number of benzene rings is 8. The zero-order chi connectivity index (χ0) is 57.6. The number of unbranched alkanes of at least 4 members (excludes halogenated alkanes) is 20. The molecule has 84 heavy (non-hydrogen) atoms. The summed E-state index contributed by atoms with van der Waals surface area (Å²) in [5, 5.41) is 0. The second kappa shape index (κ2) is 28.5. The van der Waals surface area contributed by atoms with Crippen molar-refractivity contribution in [3.63, 3.8) is 0 Å². The Morgan fingerprint density at radius 2 is 0.595 bits per heavy atom. The molecule has 0 unspecified atom stereocenters. The molecule has 0 radical (unpaired) electrons. The summed E-state index contributed by atoms with van der Waals surface area (Å²) in [5.74, 6) is 1.77. The van der Waals surface area contributed by atoms with Gasteiger partial charge in [0, 0.05) is 16.4 Å². The first-order valence-electron chi connectivity index (χ1n) is 33.9. The van der Waals surface area contributed by atoms with Gasteiger partial charge < -0.3 is 9.64 Å². The lowest BCUT2D eigenvalue weighted by atomic mass is 9.70. The fourth-order valence-electron chi connectivity index (χ4n) is 15.4. The molecule has 1 aliphatic heterocycles. The molecule has 11 rings (SSSR count). The Morgan fingerprint density at radius 3 is 1.02 bits per heavy atom. The fourth-order valence-corrected chi connectivity index (χ4v) is 15.4. The zero-order valence-electron chi connectivity index (χ0n) is 51.9. The molecular formula is C82H97NO. The van der Waals surface area contributed by atoms with Crippen molar-refractivity contribution in [2.45, 2.75) is 218 Å². The second-order valence-corrected chi connectivity index (χ2v) is 25.5. The summed E-state index contributed by atoms with van der Waals surface area (Å²) in [5.41, 5.74) is 22.5. The molecule has 0 saturated heterocycles. The highest BCUT2D eigenvalue weighted by Gasteiger charge is 2.44. The van der Waals surface area contributed by atoms with Crippen LogP contribution in [0.2, 0.25) is 0 Å². The van der Waals surface area contributed by atoms with Crippen LogP contribution in [0.1, 0.15) is 230 Å². The van der Waals surface area contributed by atoms with Crippen molar-refractivity contribution in [2.24, 2.45) is 0 Å². The van der Waals surface area contributed by atoms with Gasteiger partial charge >= 0.3 is 0 Å². The molecular weight excluding hydrogens is 1010 g/mol. The molecule has 0 amide bonds. The topological polar surface area (TPSA) is 12.5 Å². The molecule has 8 aromatic carbocycles. The number of anilines is 3. The fraction of sp³-hybridized carbons (Fsp3) is 0.415. The van der Waals surface area contributed by atoms with Gasteiger partial charge in [-0.15, -0.1) is 0 Å². The van der Waals surface area contributed by atoms with Gasteiger partial charge in [-0.3, -0.25) is 0 Å². The predicted octanol–water partition coefficient (Wildman–Crippen LogP) is 25.8. The number of ether oxygens (including phenoxy) is 1. The highest BCUT2D eigenvalue weighted by atomic mass is 16.5. The number of fused-ring (bicyclic) bond motifs is 8. The molecule has 0 N–H and O–H groups in total. The maximum Gasteiger partial charge on any atom is 0.152 e. The SMILES string of the molecule is CCCCCCCCC1(CCCCCCCC)c2ccccc2-c2ccc(-c3ccc4c(c3)Oc3cc(-c5ccc6c(c5)C(CCCCCCCC)(CCCCCCCC)c5ccccc5-6)ccc3N4c3ccccc3-c3ccccc3)cc21. The van der Waals surface area contributed by atoms with Gasteiger partial charge in [0.25, 0.3) is 0 Å². The van der Waals surface area contributed by atoms with Crippen LogP contribution in [0.3, 0.4) is 0 Å². The number of rotatable bonds is 32. The van der Waals surface area contributed by atoms with Crippen LogP contribution in [0.4, 0.5) is 17.1 Å². The average molecular weight is 1110 g/mol. The van der Waals surface area contributed by atoms with Gasteiger partial charge in [0.05, 0.1) is 17.1 Å². The Hall–Kier alpha value is -6.64. The summed E-state index contributed by atoms with van der Waals surface area (Å²) in [4.78, 5) is 2.47. The highest BCUT2D eigenvalue weighted by Crippen LogP contribution is 2.59. The molecule has 0 bridgehead atoms. The maximum absolute atomic E-state index is 7.40. The van der Waals surface area contributed by atoms with Gasteiger partial charge in [0.2, 0.25) is 0 Å². The number of hydrogen-bond acceptors (Lipinski definition) is 2. The third-order valence-electron chi connectivity index (χ3n) is 19.9. The Morgan fingerprint density at radius 1 is 0.262 bits per heavy atom. The zero-order valence-corrected chi connectivity index (χ0v) is 51.9. The Labute approximate surface area is 507 Å². The van der Waals surface area contributed by atoms with Crippen LogP contribution in [-0.2, 0) is 10.8 Å². The van der Waals surface area contributed by atoms with E-state index in [2.05, 4.69) is 209 Å². The lowest BCUT2D eigenvalue weighted by Crippen LogP contribution is -2.25. The van der Waals surface area contributed by atoms with Crippen LogP contribution in [0.25, 0.3) is 55.6 Å². The van der Waals surface area contributed by atoms with Crippen molar-refractivity contribution in [1.82, 2.24) is 0 Å². The van der Waals surface area contributed by atoms with Crippen LogP contribution in [0.15, 0.2) is 176 Å². The Balaban J connectivity index is 0.982. The van der Waals surface area contributed by atoms with E-state index in [1.165, 1.54) is 247 Å². The quantitative estimate of drug-likeness (QED) is 0.0390. The highest BCUT2D eigenvalue weighted by molar-refractivity contribution is 5.95. The van der Waals surface area contributed by atoms with Gasteiger partial charge in [-0.25, -0.2) is 0 Å². The molecule has 3 aliphatic rings. The lowest BCUT2D eigenvalue weighted by molar-refractivity contribution is 0.398. The summed E-state index contributed by atoms with van der Waals surface area (Å²) < 4.78 is 7.40. The van der Waals surface area contributed by atoms with Gasteiger partial charge in [-0.1, -0.05) is 315 Å². The van der Waals surface area contributed by atoms with Crippen LogP contribution in [0.5, 0.6) is 11.5 Å². The third kappa shape index (κ3) is 12.5. The number of hydrogen-bond donors (Lipinski definition) is 0. The molecule has 0 atom stereocenters. The summed E-state index contributed by atoms with van der Waals surface area (Å²) >= 11 is 0. The van der Waals surface area contributed by atoms with E-state index in [-0.39, 0.29) is 10.8 Å². The first-order chi connectivity index (χ1) is 41.5. The van der Waals surface area contributed by atoms with E-state index in [1.807, 2.05) is 0 Å². The van der Waals surface area contributed by atoms with Crippen molar-refractivity contribution in [2.75, 3.05) is 4.90 Å². The number of para-hydroxylation sites is 1. The van der Waals surface area contributed by atoms with Gasteiger partial charge in [-0.05, 0) is 140 Å². The minimum absolute atomic E-state index is 0.0119. The largest absolute Gasteiger partial charge is 0.453 e. The Bertz CT molecular complexity index is 3200. The molecule has 0 fully saturated rings. The molecule has 436 valence electrons. The van der Waals surface area contributed by atoms with E-state index in [0.29, 0.717) is 0 Å². The summed E-state index contributed by atoms with van der Waals surface area (Å²) in [7, 11) is 0. The lowest BCUT2D eigenvalue weighted by Gasteiger charge is -2.35. The van der Waals surface area contributed by atoms with Crippen molar-refractivity contribution in [3.05, 3.63) is 198 Å². The van der Waals surface area contributed by atoms with Crippen LogP contribution >= 0.6 is 0 Å². The van der Waals surface area contributed by atoms with Crippen molar-refractivity contribution >= 4 is 17.1 Å². The summed E-state index contributed by atoms with van der Waals surface area (Å²) in [6.45, 7) is 9.32. The molecule has 0 aromatic heterocycles. The minimum atomic E-state index is 0.0119. The van der Waals surface area contributed by atoms with Crippen molar-refractivity contribution in [3.8, 4) is 67.1 Å². The van der Waals surface area contributed by atoms with Crippen molar-refractivity contribution < 1.29 is 4.74 Å². The van der Waals surface area contributed by atoms with Gasteiger partial charge in [-0.2, -0.15) is 0 Å². The van der Waals surface area contributed by atoms with E-state index in [1.54, 1.807) is 11.1 Å². The van der Waals surface area contributed by atoms with E-state index < -0.39 is 0 Å². The maximum atomic E-state index is 7.40. The molecule has 2 nitrogen and oxygen atoms in total. The van der Waals surface area contributed by atoms with Gasteiger partial charge in [0.1, 0.15) is 0 Å². The van der Waals surface area contributed by atoms with Gasteiger partial charge in [0.15, 0.2) is 11.5 Å². The Kier molecular flexibility index (Phi) is 20.1. The molecule has 0 spiro atoms. The van der Waals surface area contributed by atoms with E-state index in [0.717, 1.165) is 28.6 Å². The van der Waals surface area contributed by atoms with Crippen molar-refractivity contribution in [1.29, 1.82) is 0 Å². The van der Waals surface area contributed by atoms with Crippen LogP contribution < -0.4 is 9.64 Å². The predicted molar refractivity (Wildman–Crippen MR) is 362 cm³/mol. The summed E-state index contributed by atoms with van der Waals surface area (Å²) in [6, 6.07) is 67.7. The molecule has 0 saturated carbocycles. The van der Waals surface area contributed by atoms with E-state index in [4.69, 9.17) is 4.74 Å². The van der Waals surface area contributed by atoms with Crippen LogP contribution in [0, 0.1) is 0 Å². The normalized spacial score (nSPS) is 13.9. The molecule has 2 heteroatoms. The van der Waals surface area contributed by atoms with E-state index in [9.17, 15) is 0 Å². The first kappa shape index (κ1) is 59.1. The second-order valence-electron chi connectivity index (χ2n) is 25.5. The van der Waals surface area contributed by atoms with Crippen LogP contribution in [-0.4, -0.2) is 0 Å². The standard InChI is InChI=1S/C82H97NO/c1-5-9-13-17-21-34-54-81(55-35-22-18-14-10-6-2)72-43-31-28-41-68(72)70-50-46-63(58-74(70)81)65-48-52-77-79(60-65)84-80-61-66(49-53-78(80)83(77)76-45-33-30-40-67(76)62-38-26-25-27-39-62)64-47-51-71-69-42-29-32-44-73(69)82(75(71)59-64,56-36-23-19-15-11-7-3)57-37-24-20-16-12-8-4/h25-33,38-53,58-61H,5-24,34-37,54-57H2,1-4H3. The first-order valence-corrected chi connectivity index (χ1v) is 33.9. The third-order valence-corrected chi connectivity index (χ3v) is 19.9. The monoisotopic (exact) mass is 1110 g/mol. The molecule has 1 heterocycles. The smallest absolute Gasteiger partial charge is 0.152 e. The average Bonchev–Trinajstić information content (AvgIpc) is 1.75. The molecule has 2 aliphatic carbocycles. The number of nitrogens with zero attached hydrogens (tertiary/aromatic N) is 1. The molecule has 8 aromatic rings. The van der Waals surface area contributed by atoms with E-state index >= 15 is 0 Å². The minimum Gasteiger partial charge on any atom is -0.453 e. The summed E-state index contributed by atoms with van der Waals surface area (Å²) in [6.07, 6.45) is 36.4.